The summed E-state index contributed by atoms with van der Waals surface area (Å²) in [5, 5.41) is 0. The minimum atomic E-state index is -1.68. The molecule has 10 atom stereocenters. The van der Waals surface area contributed by atoms with E-state index >= 15 is 0 Å². The molecule has 0 spiro atoms. The molecule has 7 aromatic rings. The maximum atomic E-state index is 14.4. The molecule has 2 fully saturated rings. The van der Waals surface area contributed by atoms with Crippen LogP contribution in [0.3, 0.4) is 0 Å². The first-order valence-corrected chi connectivity index (χ1v) is 26.9. The molecule has 0 N–H and O–H groups in total. The molecule has 0 radical (unpaired) electrons. The van der Waals surface area contributed by atoms with Crippen molar-refractivity contribution in [2.24, 2.45) is 0 Å². The number of benzene rings is 7. The van der Waals surface area contributed by atoms with Gasteiger partial charge in [0.15, 0.2) is 30.9 Å². The van der Waals surface area contributed by atoms with Gasteiger partial charge in [0.2, 0.25) is 0 Å². The van der Waals surface area contributed by atoms with E-state index in [1.807, 2.05) is 97.1 Å². The van der Waals surface area contributed by atoms with Gasteiger partial charge in [0.05, 0.1) is 55.3 Å². The summed E-state index contributed by atoms with van der Waals surface area (Å²) in [7, 11) is 0. The first kappa shape index (κ1) is 57.6. The Morgan fingerprint density at radius 2 is 0.728 bits per heavy atom. The highest BCUT2D eigenvalue weighted by molar-refractivity contribution is 5.91. The van der Waals surface area contributed by atoms with Crippen LogP contribution in [-0.2, 0) is 71.9 Å². The van der Waals surface area contributed by atoms with E-state index in [-0.39, 0.29) is 55.3 Å². The predicted molar refractivity (Wildman–Crippen MR) is 297 cm³/mol. The van der Waals surface area contributed by atoms with Crippen LogP contribution in [0.5, 0.6) is 0 Å². The maximum Gasteiger partial charge on any atom is 0.338 e. The fraction of sp³-hybridized carbons (Fsp3) is 0.273. The van der Waals surface area contributed by atoms with Crippen LogP contribution in [0.1, 0.15) is 71.0 Å². The normalized spacial score (nSPS) is 22.4. The van der Waals surface area contributed by atoms with E-state index in [0.717, 1.165) is 16.7 Å². The Balaban J connectivity index is 1.12. The SMILES string of the molecule is C=CCCCO[C@H]1O[C@H](CO[C@@H]2O[C@H](COC(=O)c3ccccc3)[C@@H](OC(=O)c3ccccc3)[C@H](OC(=O)c3ccccc3)[C@H]2OC(=O)c2ccccc2)[C@@H](OCc2ccccc2)[C@H](OCc2ccccc2)[C@@H]1OCc1ccccc1. The fourth-order valence-corrected chi connectivity index (χ4v) is 9.29. The molecule has 2 aliphatic heterocycles. The minimum Gasteiger partial charge on any atom is -0.459 e. The van der Waals surface area contributed by atoms with Gasteiger partial charge in [0, 0.05) is 0 Å². The van der Waals surface area contributed by atoms with Crippen molar-refractivity contribution in [2.75, 3.05) is 19.8 Å². The van der Waals surface area contributed by atoms with E-state index in [4.69, 9.17) is 52.1 Å². The lowest BCUT2D eigenvalue weighted by atomic mass is 9.96. The average Bonchev–Trinajstić information content (AvgIpc) is 3.54. The molecule has 81 heavy (non-hydrogen) atoms. The molecule has 0 aromatic heterocycles. The second-order valence-electron chi connectivity index (χ2n) is 19.2. The molecular formula is C66H64O15. The lowest BCUT2D eigenvalue weighted by Gasteiger charge is -2.47. The Morgan fingerprint density at radius 3 is 1.17 bits per heavy atom. The van der Waals surface area contributed by atoms with E-state index in [1.54, 1.807) is 121 Å². The second-order valence-corrected chi connectivity index (χ2v) is 19.2. The summed E-state index contributed by atoms with van der Waals surface area (Å²) >= 11 is 0. The fourth-order valence-electron chi connectivity index (χ4n) is 9.29. The molecule has 15 nitrogen and oxygen atoms in total. The van der Waals surface area contributed by atoms with Crippen LogP contribution < -0.4 is 0 Å². The molecule has 418 valence electrons. The largest absolute Gasteiger partial charge is 0.459 e. The molecule has 0 amide bonds. The molecule has 7 aromatic carbocycles. The van der Waals surface area contributed by atoms with Crippen molar-refractivity contribution >= 4 is 23.9 Å². The lowest BCUT2D eigenvalue weighted by molar-refractivity contribution is -0.343. The summed E-state index contributed by atoms with van der Waals surface area (Å²) in [4.78, 5) is 56.7. The zero-order valence-electron chi connectivity index (χ0n) is 44.5. The highest BCUT2D eigenvalue weighted by atomic mass is 16.8. The van der Waals surface area contributed by atoms with E-state index in [2.05, 4.69) is 6.58 Å². The summed E-state index contributed by atoms with van der Waals surface area (Å²) in [6.45, 7) is 3.68. The van der Waals surface area contributed by atoms with Gasteiger partial charge in [0.1, 0.15) is 37.1 Å². The van der Waals surface area contributed by atoms with Crippen LogP contribution in [0.2, 0.25) is 0 Å². The van der Waals surface area contributed by atoms with Gasteiger partial charge in [-0.2, -0.15) is 0 Å². The predicted octanol–water partition coefficient (Wildman–Crippen LogP) is 10.7. The number of hydrogen-bond donors (Lipinski definition) is 0. The van der Waals surface area contributed by atoms with Crippen molar-refractivity contribution in [3.05, 3.63) is 264 Å². The van der Waals surface area contributed by atoms with Gasteiger partial charge in [-0.3, -0.25) is 0 Å². The molecular weight excluding hydrogens is 1030 g/mol. The lowest BCUT2D eigenvalue weighted by Crippen LogP contribution is -2.64. The number of carbonyl (C=O) groups excluding carboxylic acids is 4. The molecule has 2 aliphatic rings. The third-order valence-corrected chi connectivity index (χ3v) is 13.4. The first-order valence-electron chi connectivity index (χ1n) is 26.9. The Labute approximate surface area is 471 Å². The van der Waals surface area contributed by atoms with Gasteiger partial charge in [-0.1, -0.05) is 170 Å². The second kappa shape index (κ2) is 29.9. The van der Waals surface area contributed by atoms with Gasteiger partial charge in [-0.15, -0.1) is 6.58 Å². The van der Waals surface area contributed by atoms with Crippen LogP contribution >= 0.6 is 0 Å². The van der Waals surface area contributed by atoms with E-state index in [0.29, 0.717) is 12.8 Å². The van der Waals surface area contributed by atoms with Crippen LogP contribution in [0, 0.1) is 0 Å². The Bertz CT molecular complexity index is 3030. The third kappa shape index (κ3) is 16.3. The number of hydrogen-bond acceptors (Lipinski definition) is 15. The summed E-state index contributed by atoms with van der Waals surface area (Å²) in [6.07, 6.45) is -9.72. The molecule has 0 bridgehead atoms. The Kier molecular flexibility index (Phi) is 21.3. The molecule has 2 heterocycles. The summed E-state index contributed by atoms with van der Waals surface area (Å²) in [5.74, 6) is -3.27. The van der Waals surface area contributed by atoms with Crippen molar-refractivity contribution in [1.29, 1.82) is 0 Å². The number of rotatable bonds is 26. The number of esters is 4. The molecule has 0 unspecified atom stereocenters. The van der Waals surface area contributed by atoms with Crippen LogP contribution in [0.15, 0.2) is 225 Å². The zero-order chi connectivity index (χ0) is 56.0. The number of carbonyl (C=O) groups is 4. The van der Waals surface area contributed by atoms with Crippen molar-refractivity contribution in [3.63, 3.8) is 0 Å². The van der Waals surface area contributed by atoms with Crippen molar-refractivity contribution in [2.45, 2.75) is 94.1 Å². The summed E-state index contributed by atoms with van der Waals surface area (Å²) in [5.41, 5.74) is 3.30. The highest BCUT2D eigenvalue weighted by Gasteiger charge is 2.55. The van der Waals surface area contributed by atoms with Gasteiger partial charge in [0.25, 0.3) is 0 Å². The van der Waals surface area contributed by atoms with Gasteiger partial charge < -0.3 is 52.1 Å². The van der Waals surface area contributed by atoms with Crippen molar-refractivity contribution in [1.82, 2.24) is 0 Å². The van der Waals surface area contributed by atoms with Gasteiger partial charge in [-0.25, -0.2) is 19.2 Å². The molecule has 2 saturated heterocycles. The summed E-state index contributed by atoms with van der Waals surface area (Å²) in [6, 6.07) is 61.7. The Hall–Kier alpha value is -8.12. The van der Waals surface area contributed by atoms with Gasteiger partial charge >= 0.3 is 23.9 Å². The van der Waals surface area contributed by atoms with Gasteiger partial charge in [-0.05, 0) is 78.1 Å². The standard InChI is InChI=1S/C66H64O15/c1-2-3-25-40-71-65-59(74-43-48-30-15-6-16-31-48)57(73-42-47-28-13-5-14-29-47)55(72-41-46-26-11-4-12-27-46)53(77-65)45-76-66-60(81-64(70)52-38-23-10-24-39-52)58(80-63(69)51-36-21-9-22-37-51)56(79-62(68)50-34-19-8-20-35-50)54(78-66)44-75-61(67)49-32-17-7-18-33-49/h2,4-24,26-39,53-60,65-66H,1,3,25,40-45H2/t53-,54-,55-,56-,57+,58+,59+,60-,65+,66-/m1/s1. The topological polar surface area (TPSA) is 170 Å². The Morgan fingerprint density at radius 1 is 0.370 bits per heavy atom. The van der Waals surface area contributed by atoms with Crippen LogP contribution in [0.25, 0.3) is 0 Å². The summed E-state index contributed by atoms with van der Waals surface area (Å²) < 4.78 is 72.7. The highest BCUT2D eigenvalue weighted by Crippen LogP contribution is 2.35. The van der Waals surface area contributed by atoms with Crippen LogP contribution in [-0.4, -0.2) is 105 Å². The first-order chi connectivity index (χ1) is 39.8. The smallest absolute Gasteiger partial charge is 0.338 e. The molecule has 0 saturated carbocycles. The number of ether oxygens (including phenoxy) is 11. The minimum absolute atomic E-state index is 0.116. The average molecular weight is 1100 g/mol. The number of unbranched alkanes of at least 4 members (excludes halogenated alkanes) is 1. The monoisotopic (exact) mass is 1100 g/mol. The van der Waals surface area contributed by atoms with Crippen molar-refractivity contribution in [3.8, 4) is 0 Å². The number of allylic oxidation sites excluding steroid dienone is 1. The van der Waals surface area contributed by atoms with E-state index < -0.39 is 91.9 Å². The quantitative estimate of drug-likeness (QED) is 0.0217. The molecule has 9 rings (SSSR count). The van der Waals surface area contributed by atoms with Crippen LogP contribution in [0.4, 0.5) is 0 Å². The third-order valence-electron chi connectivity index (χ3n) is 13.4. The zero-order valence-corrected chi connectivity index (χ0v) is 44.5. The molecule has 0 aliphatic carbocycles. The van der Waals surface area contributed by atoms with Crippen molar-refractivity contribution < 1.29 is 71.3 Å². The van der Waals surface area contributed by atoms with E-state index in [9.17, 15) is 19.2 Å². The molecule has 15 heteroatoms. The van der Waals surface area contributed by atoms with E-state index in [1.165, 1.54) is 0 Å². The maximum absolute atomic E-state index is 14.4.